The number of hydrogen-bond donors (Lipinski definition) is 1. The van der Waals surface area contributed by atoms with Crippen LogP contribution in [0.2, 0.25) is 0 Å². The van der Waals surface area contributed by atoms with Gasteiger partial charge in [0.1, 0.15) is 0 Å². The van der Waals surface area contributed by atoms with E-state index in [1.54, 1.807) is 0 Å². The van der Waals surface area contributed by atoms with Gasteiger partial charge < -0.3 is 10.2 Å². The summed E-state index contributed by atoms with van der Waals surface area (Å²) in [5, 5.41) is 3.47. The smallest absolute Gasteiger partial charge is 0.0107 e. The summed E-state index contributed by atoms with van der Waals surface area (Å²) in [5.74, 6) is 0.874. The monoisotopic (exact) mass is 196 g/mol. The molecule has 1 saturated carbocycles. The first kappa shape index (κ1) is 10.4. The second-order valence-corrected chi connectivity index (χ2v) is 5.40. The van der Waals surface area contributed by atoms with E-state index >= 15 is 0 Å². The Hall–Kier alpha value is -0.0800. The van der Waals surface area contributed by atoms with Crippen molar-refractivity contribution >= 4 is 0 Å². The summed E-state index contributed by atoms with van der Waals surface area (Å²) in [4.78, 5) is 2.67. The fourth-order valence-electron chi connectivity index (χ4n) is 2.58. The van der Waals surface area contributed by atoms with Crippen LogP contribution in [-0.4, -0.2) is 37.6 Å². The topological polar surface area (TPSA) is 15.3 Å². The molecule has 1 N–H and O–H groups in total. The Morgan fingerprint density at radius 3 is 2.64 bits per heavy atom. The van der Waals surface area contributed by atoms with Gasteiger partial charge in [0.2, 0.25) is 0 Å². The zero-order valence-corrected chi connectivity index (χ0v) is 9.68. The molecule has 0 aromatic carbocycles. The number of nitrogens with zero attached hydrogens (tertiary/aromatic N) is 1. The highest BCUT2D eigenvalue weighted by molar-refractivity contribution is 4.97. The van der Waals surface area contributed by atoms with Crippen LogP contribution in [0.4, 0.5) is 0 Å². The van der Waals surface area contributed by atoms with E-state index < -0.39 is 0 Å². The lowest BCUT2D eigenvalue weighted by Crippen LogP contribution is -2.35. The van der Waals surface area contributed by atoms with Crippen LogP contribution in [0.15, 0.2) is 0 Å². The summed E-state index contributed by atoms with van der Waals surface area (Å²) in [6.07, 6.45) is 4.26. The number of rotatable bonds is 3. The first-order chi connectivity index (χ1) is 6.73. The number of nitrogens with one attached hydrogen (secondary N) is 1. The molecular formula is C12H24N2. The molecule has 0 amide bonds. The lowest BCUT2D eigenvalue weighted by Gasteiger charge is -2.28. The lowest BCUT2D eigenvalue weighted by molar-refractivity contribution is 0.195. The molecule has 1 aliphatic heterocycles. The summed E-state index contributed by atoms with van der Waals surface area (Å²) >= 11 is 0. The van der Waals surface area contributed by atoms with Gasteiger partial charge in [-0.15, -0.1) is 0 Å². The van der Waals surface area contributed by atoms with Gasteiger partial charge in [-0.1, -0.05) is 13.8 Å². The third kappa shape index (κ3) is 2.29. The molecule has 2 aliphatic rings. The van der Waals surface area contributed by atoms with Gasteiger partial charge in [-0.05, 0) is 43.7 Å². The van der Waals surface area contributed by atoms with E-state index in [1.165, 1.54) is 52.0 Å². The van der Waals surface area contributed by atoms with Crippen LogP contribution in [-0.2, 0) is 0 Å². The molecule has 0 bridgehead atoms. The third-order valence-corrected chi connectivity index (χ3v) is 4.09. The van der Waals surface area contributed by atoms with Gasteiger partial charge in [-0.2, -0.15) is 0 Å². The van der Waals surface area contributed by atoms with Crippen molar-refractivity contribution in [3.8, 4) is 0 Å². The van der Waals surface area contributed by atoms with E-state index in [2.05, 4.69) is 24.1 Å². The Morgan fingerprint density at radius 2 is 2.00 bits per heavy atom. The summed E-state index contributed by atoms with van der Waals surface area (Å²) < 4.78 is 0. The van der Waals surface area contributed by atoms with Crippen LogP contribution in [0.25, 0.3) is 0 Å². The van der Waals surface area contributed by atoms with Gasteiger partial charge in [0.15, 0.2) is 0 Å². The molecule has 0 unspecified atom stereocenters. The van der Waals surface area contributed by atoms with Crippen LogP contribution in [0.3, 0.4) is 0 Å². The van der Waals surface area contributed by atoms with Gasteiger partial charge in [0, 0.05) is 19.6 Å². The van der Waals surface area contributed by atoms with Crippen molar-refractivity contribution in [3.05, 3.63) is 0 Å². The molecule has 2 rings (SSSR count). The average molecular weight is 196 g/mol. The highest BCUT2D eigenvalue weighted by Gasteiger charge is 2.46. The minimum absolute atomic E-state index is 0.699. The molecule has 2 fully saturated rings. The summed E-state index contributed by atoms with van der Waals surface area (Å²) in [6, 6.07) is 0. The Labute approximate surface area is 88.1 Å². The molecular weight excluding hydrogens is 172 g/mol. The van der Waals surface area contributed by atoms with Crippen LogP contribution in [0.1, 0.15) is 33.1 Å². The Balaban J connectivity index is 1.83. The van der Waals surface area contributed by atoms with E-state index in [-0.39, 0.29) is 0 Å². The first-order valence-corrected chi connectivity index (χ1v) is 6.16. The van der Waals surface area contributed by atoms with Crippen molar-refractivity contribution in [1.82, 2.24) is 10.2 Å². The Bertz CT molecular complexity index is 177. The van der Waals surface area contributed by atoms with Crippen LogP contribution < -0.4 is 5.32 Å². The molecule has 1 heterocycles. The minimum atomic E-state index is 0.699. The Morgan fingerprint density at radius 1 is 1.21 bits per heavy atom. The minimum Gasteiger partial charge on any atom is -0.315 e. The molecule has 14 heavy (non-hydrogen) atoms. The first-order valence-electron chi connectivity index (χ1n) is 6.16. The second kappa shape index (κ2) is 4.19. The molecule has 0 radical (unpaired) electrons. The molecule has 0 atom stereocenters. The van der Waals surface area contributed by atoms with Gasteiger partial charge in [-0.3, -0.25) is 0 Å². The van der Waals surface area contributed by atoms with Crippen molar-refractivity contribution in [2.75, 3.05) is 32.7 Å². The van der Waals surface area contributed by atoms with Crippen molar-refractivity contribution in [1.29, 1.82) is 0 Å². The fraction of sp³-hybridized carbons (Fsp3) is 1.00. The SMILES string of the molecule is CC(C)C1(CN2CCCNCC2)CC1. The van der Waals surface area contributed by atoms with E-state index in [4.69, 9.17) is 0 Å². The normalized spacial score (nSPS) is 27.6. The zero-order valence-electron chi connectivity index (χ0n) is 9.68. The van der Waals surface area contributed by atoms with Gasteiger partial charge in [0.25, 0.3) is 0 Å². The van der Waals surface area contributed by atoms with Crippen molar-refractivity contribution in [2.45, 2.75) is 33.1 Å². The van der Waals surface area contributed by atoms with Crippen LogP contribution >= 0.6 is 0 Å². The zero-order chi connectivity index (χ0) is 10.0. The van der Waals surface area contributed by atoms with Crippen LogP contribution in [0.5, 0.6) is 0 Å². The standard InChI is InChI=1S/C12H24N2/c1-11(2)12(4-5-12)10-14-8-3-6-13-7-9-14/h11,13H,3-10H2,1-2H3. The van der Waals surface area contributed by atoms with Gasteiger partial charge in [0.05, 0.1) is 0 Å². The predicted molar refractivity (Wildman–Crippen MR) is 60.4 cm³/mol. The largest absolute Gasteiger partial charge is 0.315 e. The quantitative estimate of drug-likeness (QED) is 0.739. The van der Waals surface area contributed by atoms with E-state index in [1.807, 2.05) is 0 Å². The maximum atomic E-state index is 3.47. The maximum Gasteiger partial charge on any atom is 0.0107 e. The average Bonchev–Trinajstić information content (AvgIpc) is 2.91. The van der Waals surface area contributed by atoms with Gasteiger partial charge in [-0.25, -0.2) is 0 Å². The summed E-state index contributed by atoms with van der Waals surface area (Å²) in [6.45, 7) is 11.1. The lowest BCUT2D eigenvalue weighted by atomic mass is 9.92. The summed E-state index contributed by atoms with van der Waals surface area (Å²) in [5.41, 5.74) is 0.699. The molecule has 82 valence electrons. The van der Waals surface area contributed by atoms with E-state index in [9.17, 15) is 0 Å². The predicted octanol–water partition coefficient (Wildman–Crippen LogP) is 1.72. The van der Waals surface area contributed by atoms with E-state index in [0.717, 1.165) is 5.92 Å². The van der Waals surface area contributed by atoms with Gasteiger partial charge >= 0.3 is 0 Å². The molecule has 2 heteroatoms. The Kier molecular flexibility index (Phi) is 3.13. The van der Waals surface area contributed by atoms with Crippen molar-refractivity contribution in [3.63, 3.8) is 0 Å². The fourth-order valence-corrected chi connectivity index (χ4v) is 2.58. The van der Waals surface area contributed by atoms with Crippen LogP contribution in [0, 0.1) is 11.3 Å². The molecule has 0 aromatic rings. The van der Waals surface area contributed by atoms with E-state index in [0.29, 0.717) is 5.41 Å². The molecule has 2 nitrogen and oxygen atoms in total. The highest BCUT2D eigenvalue weighted by Crippen LogP contribution is 2.52. The molecule has 0 spiro atoms. The summed E-state index contributed by atoms with van der Waals surface area (Å²) in [7, 11) is 0. The molecule has 1 saturated heterocycles. The number of hydrogen-bond acceptors (Lipinski definition) is 2. The second-order valence-electron chi connectivity index (χ2n) is 5.40. The maximum absolute atomic E-state index is 3.47. The molecule has 1 aliphatic carbocycles. The third-order valence-electron chi connectivity index (χ3n) is 4.09. The molecule has 0 aromatic heterocycles. The van der Waals surface area contributed by atoms with Crippen molar-refractivity contribution in [2.24, 2.45) is 11.3 Å². The van der Waals surface area contributed by atoms with Crippen molar-refractivity contribution < 1.29 is 0 Å². The highest BCUT2D eigenvalue weighted by atomic mass is 15.2.